The fourth-order valence-electron chi connectivity index (χ4n) is 3.10. The van der Waals surface area contributed by atoms with E-state index in [1.165, 1.54) is 0 Å². The molecule has 2 aliphatic heterocycles. The van der Waals surface area contributed by atoms with Gasteiger partial charge in [-0.3, -0.25) is 4.90 Å². The normalized spacial score (nSPS) is 21.5. The van der Waals surface area contributed by atoms with Gasteiger partial charge in [0.15, 0.2) is 0 Å². The summed E-state index contributed by atoms with van der Waals surface area (Å²) in [6.07, 6.45) is 2.73. The summed E-state index contributed by atoms with van der Waals surface area (Å²) in [5, 5.41) is 12.5. The number of piperidine rings is 1. The van der Waals surface area contributed by atoms with Crippen LogP contribution in [-0.2, 0) is 0 Å². The Balaban J connectivity index is 1.85. The van der Waals surface area contributed by atoms with Crippen molar-refractivity contribution in [3.8, 4) is 0 Å². The van der Waals surface area contributed by atoms with Gasteiger partial charge in [-0.2, -0.15) is 0 Å². The van der Waals surface area contributed by atoms with Crippen LogP contribution in [0.1, 0.15) is 31.7 Å². The molecule has 0 unspecified atom stereocenters. The van der Waals surface area contributed by atoms with Gasteiger partial charge in [-0.05, 0) is 24.8 Å². The highest BCUT2D eigenvalue weighted by Gasteiger charge is 2.30. The summed E-state index contributed by atoms with van der Waals surface area (Å²) in [6, 6.07) is 7.72. The quantitative estimate of drug-likeness (QED) is 0.589. The van der Waals surface area contributed by atoms with Crippen LogP contribution in [-0.4, -0.2) is 41.5 Å². The van der Waals surface area contributed by atoms with Crippen LogP contribution in [0.2, 0.25) is 0 Å². The van der Waals surface area contributed by atoms with Gasteiger partial charge in [0, 0.05) is 31.6 Å². The van der Waals surface area contributed by atoms with Crippen LogP contribution < -0.4 is 4.90 Å². The molecule has 2 amide bonds. The van der Waals surface area contributed by atoms with E-state index in [2.05, 4.69) is 12.1 Å². The lowest BCUT2D eigenvalue weighted by Gasteiger charge is -2.37. The van der Waals surface area contributed by atoms with Crippen LogP contribution in [0.15, 0.2) is 29.4 Å². The van der Waals surface area contributed by atoms with E-state index in [0.717, 1.165) is 37.2 Å². The molecule has 0 bridgehead atoms. The summed E-state index contributed by atoms with van der Waals surface area (Å²) in [5.74, 6) is 0.704. The van der Waals surface area contributed by atoms with E-state index in [1.807, 2.05) is 34.1 Å². The van der Waals surface area contributed by atoms with Crippen LogP contribution in [0.25, 0.3) is 0 Å². The van der Waals surface area contributed by atoms with Gasteiger partial charge in [0.05, 0.1) is 11.4 Å². The fourth-order valence-corrected chi connectivity index (χ4v) is 3.10. The second-order valence-electron chi connectivity index (χ2n) is 5.92. The second kappa shape index (κ2) is 5.76. The average Bonchev–Trinajstić information content (AvgIpc) is 2.54. The number of nitrogens with zero attached hydrogens (tertiary/aromatic N) is 3. The van der Waals surface area contributed by atoms with Crippen molar-refractivity contribution < 1.29 is 10.0 Å². The van der Waals surface area contributed by atoms with E-state index in [4.69, 9.17) is 5.21 Å². The van der Waals surface area contributed by atoms with E-state index < -0.39 is 0 Å². The van der Waals surface area contributed by atoms with Gasteiger partial charge >= 0.3 is 6.03 Å². The molecule has 0 atom stereocenters. The molecule has 1 aromatic carbocycles. The lowest BCUT2D eigenvalue weighted by Crippen LogP contribution is -2.49. The number of fused-ring (bicyclic) bond motifs is 1. The Hall–Kier alpha value is -2.04. The first kappa shape index (κ1) is 13.9. The smallest absolute Gasteiger partial charge is 0.324 e. The van der Waals surface area contributed by atoms with E-state index in [9.17, 15) is 4.79 Å². The van der Waals surface area contributed by atoms with Crippen molar-refractivity contribution in [2.75, 3.05) is 24.5 Å². The van der Waals surface area contributed by atoms with Crippen molar-refractivity contribution in [3.05, 3.63) is 29.8 Å². The number of hydrogen-bond donors (Lipinski definition) is 1. The molecule has 2 aliphatic rings. The van der Waals surface area contributed by atoms with Gasteiger partial charge in [-0.25, -0.2) is 4.79 Å². The monoisotopic (exact) mass is 287 g/mol. The van der Waals surface area contributed by atoms with Crippen molar-refractivity contribution in [1.29, 1.82) is 0 Å². The Bertz CT molecular complexity index is 562. The fraction of sp³-hybridized carbons (Fsp3) is 0.500. The van der Waals surface area contributed by atoms with Crippen LogP contribution in [0, 0.1) is 5.92 Å². The predicted molar refractivity (Wildman–Crippen MR) is 82.1 cm³/mol. The van der Waals surface area contributed by atoms with Gasteiger partial charge in [-0.15, -0.1) is 0 Å². The molecule has 0 saturated carbocycles. The van der Waals surface area contributed by atoms with Crippen molar-refractivity contribution >= 4 is 17.4 Å². The Morgan fingerprint density at radius 1 is 1.24 bits per heavy atom. The predicted octanol–water partition coefficient (Wildman–Crippen LogP) is 2.93. The van der Waals surface area contributed by atoms with Crippen LogP contribution in [0.4, 0.5) is 10.5 Å². The highest BCUT2D eigenvalue weighted by Crippen LogP contribution is 2.29. The van der Waals surface area contributed by atoms with Crippen molar-refractivity contribution in [3.63, 3.8) is 0 Å². The maximum absolute atomic E-state index is 12.8. The van der Waals surface area contributed by atoms with Crippen molar-refractivity contribution in [1.82, 2.24) is 4.90 Å². The van der Waals surface area contributed by atoms with Crippen LogP contribution >= 0.6 is 0 Å². The van der Waals surface area contributed by atoms with Crippen LogP contribution in [0.5, 0.6) is 0 Å². The topological polar surface area (TPSA) is 56.1 Å². The Kier molecular flexibility index (Phi) is 3.82. The van der Waals surface area contributed by atoms with E-state index in [1.54, 1.807) is 0 Å². The number of urea groups is 1. The molecule has 3 rings (SSSR count). The van der Waals surface area contributed by atoms with Gasteiger partial charge < -0.3 is 10.1 Å². The molecule has 0 aliphatic carbocycles. The van der Waals surface area contributed by atoms with Crippen LogP contribution in [0.3, 0.4) is 0 Å². The van der Waals surface area contributed by atoms with E-state index in [-0.39, 0.29) is 6.03 Å². The first-order valence-corrected chi connectivity index (χ1v) is 7.57. The number of benzene rings is 1. The zero-order valence-electron chi connectivity index (χ0n) is 12.3. The number of amides is 2. The average molecular weight is 287 g/mol. The number of hydrogen-bond acceptors (Lipinski definition) is 3. The van der Waals surface area contributed by atoms with Gasteiger partial charge in [-0.1, -0.05) is 30.3 Å². The highest BCUT2D eigenvalue weighted by atomic mass is 16.4. The molecule has 1 aromatic rings. The maximum Gasteiger partial charge on any atom is 0.324 e. The number of anilines is 1. The summed E-state index contributed by atoms with van der Waals surface area (Å²) >= 11 is 0. The number of likely N-dealkylation sites (tertiary alicyclic amines) is 1. The molecule has 0 spiro atoms. The minimum Gasteiger partial charge on any atom is -0.411 e. The highest BCUT2D eigenvalue weighted by molar-refractivity contribution is 6.10. The van der Waals surface area contributed by atoms with Gasteiger partial charge in [0.25, 0.3) is 0 Å². The van der Waals surface area contributed by atoms with Crippen molar-refractivity contribution in [2.45, 2.75) is 26.2 Å². The van der Waals surface area contributed by atoms with Gasteiger partial charge in [0.2, 0.25) is 0 Å². The largest absolute Gasteiger partial charge is 0.411 e. The molecule has 1 N–H and O–H groups in total. The Morgan fingerprint density at radius 2 is 1.95 bits per heavy atom. The lowest BCUT2D eigenvalue weighted by molar-refractivity contribution is 0.180. The molecular weight excluding hydrogens is 266 g/mol. The standard InChI is InChI=1S/C16H21N3O2/c1-12-6-9-18(10-7-12)16(20)19-11-8-14(17-21)13-4-2-3-5-15(13)19/h2-5,12,21H,6-11H2,1H3. The van der Waals surface area contributed by atoms with Gasteiger partial charge in [0.1, 0.15) is 0 Å². The third-order valence-corrected chi connectivity index (χ3v) is 4.48. The molecule has 5 nitrogen and oxygen atoms in total. The zero-order valence-corrected chi connectivity index (χ0v) is 12.3. The van der Waals surface area contributed by atoms with E-state index >= 15 is 0 Å². The molecular formula is C16H21N3O2. The number of carbonyl (C=O) groups excluding carboxylic acids is 1. The maximum atomic E-state index is 12.8. The molecule has 1 saturated heterocycles. The minimum absolute atomic E-state index is 0.0753. The number of rotatable bonds is 0. The molecule has 5 heteroatoms. The summed E-state index contributed by atoms with van der Waals surface area (Å²) in [4.78, 5) is 16.5. The number of carbonyl (C=O) groups is 1. The first-order valence-electron chi connectivity index (χ1n) is 7.57. The second-order valence-corrected chi connectivity index (χ2v) is 5.92. The zero-order chi connectivity index (χ0) is 14.8. The molecule has 0 aromatic heterocycles. The third kappa shape index (κ3) is 2.60. The molecule has 21 heavy (non-hydrogen) atoms. The first-order chi connectivity index (χ1) is 10.2. The molecule has 1 fully saturated rings. The number of para-hydroxylation sites is 1. The summed E-state index contributed by atoms with van der Waals surface area (Å²) in [7, 11) is 0. The minimum atomic E-state index is 0.0753. The lowest BCUT2D eigenvalue weighted by atomic mass is 9.98. The van der Waals surface area contributed by atoms with Crippen molar-refractivity contribution in [2.24, 2.45) is 11.1 Å². The summed E-state index contributed by atoms with van der Waals surface area (Å²) in [5.41, 5.74) is 2.35. The van der Waals surface area contributed by atoms with E-state index in [0.29, 0.717) is 24.6 Å². The number of oxime groups is 1. The molecule has 2 heterocycles. The molecule has 112 valence electrons. The third-order valence-electron chi connectivity index (χ3n) is 4.48. The Labute approximate surface area is 124 Å². The Morgan fingerprint density at radius 3 is 2.67 bits per heavy atom. The SMILES string of the molecule is CC1CCN(C(=O)N2CCC(=NO)c3ccccc32)CC1. The summed E-state index contributed by atoms with van der Waals surface area (Å²) in [6.45, 7) is 4.47. The summed E-state index contributed by atoms with van der Waals surface area (Å²) < 4.78 is 0. The molecule has 0 radical (unpaired) electrons.